The molecule has 1 fully saturated rings. The van der Waals surface area contributed by atoms with Gasteiger partial charge in [-0.1, -0.05) is 31.5 Å². The van der Waals surface area contributed by atoms with E-state index >= 15 is 0 Å². The van der Waals surface area contributed by atoms with Crippen molar-refractivity contribution in [1.29, 1.82) is 0 Å². The van der Waals surface area contributed by atoms with Gasteiger partial charge < -0.3 is 14.6 Å². The Kier molecular flexibility index (Phi) is 5.71. The first-order valence-corrected chi connectivity index (χ1v) is 9.15. The second-order valence-corrected chi connectivity index (χ2v) is 6.61. The molecule has 0 unspecified atom stereocenters. The molecule has 26 heavy (non-hydrogen) atoms. The molecule has 1 amide bonds. The molecule has 0 spiro atoms. The van der Waals surface area contributed by atoms with Crippen LogP contribution >= 0.6 is 0 Å². The van der Waals surface area contributed by atoms with Gasteiger partial charge in [-0.25, -0.2) is 0 Å². The average Bonchev–Trinajstić information content (AvgIpc) is 2.99. The Bertz CT molecular complexity index is 824. The van der Waals surface area contributed by atoms with Crippen molar-refractivity contribution in [3.63, 3.8) is 0 Å². The van der Waals surface area contributed by atoms with Crippen molar-refractivity contribution in [2.75, 3.05) is 19.7 Å². The van der Waals surface area contributed by atoms with Crippen LogP contribution in [-0.4, -0.2) is 47.2 Å². The Balaban J connectivity index is 1.60. The molecule has 2 heterocycles. The number of benzene rings is 1. The third-order valence-electron chi connectivity index (χ3n) is 4.84. The van der Waals surface area contributed by atoms with Gasteiger partial charge in [0.1, 0.15) is 6.54 Å². The number of rotatable bonds is 6. The first-order chi connectivity index (χ1) is 12.6. The summed E-state index contributed by atoms with van der Waals surface area (Å²) in [7, 11) is 0. The van der Waals surface area contributed by atoms with Crippen LogP contribution < -0.4 is 0 Å². The second kappa shape index (κ2) is 8.17. The zero-order chi connectivity index (χ0) is 18.5. The summed E-state index contributed by atoms with van der Waals surface area (Å²) in [5.74, 6) is -0.808. The molecule has 0 aliphatic carbocycles. The van der Waals surface area contributed by atoms with Gasteiger partial charge in [0.25, 0.3) is 0 Å². The lowest BCUT2D eigenvalue weighted by molar-refractivity contribution is -0.148. The van der Waals surface area contributed by atoms with Crippen molar-refractivity contribution in [2.45, 2.75) is 39.0 Å². The molecule has 6 nitrogen and oxygen atoms in total. The number of H-pyrrole nitrogens is 1. The molecule has 1 N–H and O–H groups in total. The molecule has 6 heteroatoms. The SMILES string of the molecule is CCc1cccc2c(C(=O)COC(=O)CN3CCCCCC3=O)c[nH]c12. The highest BCUT2D eigenvalue weighted by Gasteiger charge is 2.21. The zero-order valence-corrected chi connectivity index (χ0v) is 15.0. The summed E-state index contributed by atoms with van der Waals surface area (Å²) in [5.41, 5.74) is 2.60. The molecule has 1 aliphatic rings. The first kappa shape index (κ1) is 18.2. The van der Waals surface area contributed by atoms with Gasteiger partial charge in [0.15, 0.2) is 6.61 Å². The third kappa shape index (κ3) is 3.95. The zero-order valence-electron chi connectivity index (χ0n) is 15.0. The van der Waals surface area contributed by atoms with E-state index in [1.165, 1.54) is 4.90 Å². The van der Waals surface area contributed by atoms with E-state index in [0.717, 1.165) is 42.1 Å². The smallest absolute Gasteiger partial charge is 0.326 e. The molecule has 0 atom stereocenters. The van der Waals surface area contributed by atoms with Crippen molar-refractivity contribution in [2.24, 2.45) is 0 Å². The van der Waals surface area contributed by atoms with Gasteiger partial charge in [0, 0.05) is 35.6 Å². The molecule has 1 saturated heterocycles. The molecule has 1 aromatic carbocycles. The van der Waals surface area contributed by atoms with E-state index in [1.54, 1.807) is 6.20 Å². The highest BCUT2D eigenvalue weighted by Crippen LogP contribution is 2.22. The first-order valence-electron chi connectivity index (χ1n) is 9.15. The lowest BCUT2D eigenvalue weighted by atomic mass is 10.1. The number of aromatic nitrogens is 1. The number of carbonyl (C=O) groups is 3. The van der Waals surface area contributed by atoms with Gasteiger partial charge in [-0.15, -0.1) is 0 Å². The Labute approximate surface area is 152 Å². The molecule has 0 radical (unpaired) electrons. The summed E-state index contributed by atoms with van der Waals surface area (Å²) in [6.07, 6.45) is 5.76. The quantitative estimate of drug-likeness (QED) is 0.637. The Morgan fingerprint density at radius 1 is 1.23 bits per heavy atom. The number of aromatic amines is 1. The number of hydrogen-bond acceptors (Lipinski definition) is 4. The molecule has 138 valence electrons. The Morgan fingerprint density at radius 2 is 2.08 bits per heavy atom. The van der Waals surface area contributed by atoms with Crippen LogP contribution in [0.15, 0.2) is 24.4 Å². The largest absolute Gasteiger partial charge is 0.456 e. The maximum atomic E-state index is 12.5. The van der Waals surface area contributed by atoms with Crippen molar-refractivity contribution in [3.05, 3.63) is 35.5 Å². The fraction of sp³-hybridized carbons (Fsp3) is 0.450. The van der Waals surface area contributed by atoms with E-state index in [1.807, 2.05) is 18.2 Å². The number of carbonyl (C=O) groups excluding carboxylic acids is 3. The minimum Gasteiger partial charge on any atom is -0.456 e. The highest BCUT2D eigenvalue weighted by molar-refractivity contribution is 6.09. The van der Waals surface area contributed by atoms with Gasteiger partial charge >= 0.3 is 5.97 Å². The number of hydrogen-bond donors (Lipinski definition) is 1. The lowest BCUT2D eigenvalue weighted by Gasteiger charge is -2.19. The Morgan fingerprint density at radius 3 is 2.88 bits per heavy atom. The molecule has 3 rings (SSSR count). The summed E-state index contributed by atoms with van der Waals surface area (Å²) < 4.78 is 5.13. The van der Waals surface area contributed by atoms with E-state index in [-0.39, 0.29) is 24.8 Å². The molecular weight excluding hydrogens is 332 g/mol. The van der Waals surface area contributed by atoms with Gasteiger partial charge in [-0.05, 0) is 24.8 Å². The van der Waals surface area contributed by atoms with Gasteiger partial charge in [-0.3, -0.25) is 14.4 Å². The molecular formula is C20H24N2O4. The summed E-state index contributed by atoms with van der Waals surface area (Å²) in [6, 6.07) is 5.82. The van der Waals surface area contributed by atoms with Crippen LogP contribution in [0.1, 0.15) is 48.5 Å². The van der Waals surface area contributed by atoms with Crippen molar-refractivity contribution in [1.82, 2.24) is 9.88 Å². The summed E-state index contributed by atoms with van der Waals surface area (Å²) in [6.45, 7) is 2.23. The number of aryl methyl sites for hydroxylation is 1. The van der Waals surface area contributed by atoms with Crippen molar-refractivity contribution in [3.8, 4) is 0 Å². The number of nitrogens with one attached hydrogen (secondary N) is 1. The van der Waals surface area contributed by atoms with E-state index in [4.69, 9.17) is 4.74 Å². The van der Waals surface area contributed by atoms with E-state index < -0.39 is 5.97 Å². The monoisotopic (exact) mass is 356 g/mol. The topological polar surface area (TPSA) is 79.5 Å². The van der Waals surface area contributed by atoms with Crippen LogP contribution in [0.25, 0.3) is 10.9 Å². The number of fused-ring (bicyclic) bond motifs is 1. The third-order valence-corrected chi connectivity index (χ3v) is 4.84. The minimum absolute atomic E-state index is 0.0190. The normalized spacial score (nSPS) is 15.1. The summed E-state index contributed by atoms with van der Waals surface area (Å²) >= 11 is 0. The number of ether oxygens (including phenoxy) is 1. The maximum Gasteiger partial charge on any atom is 0.326 e. The number of nitrogens with zero attached hydrogens (tertiary/aromatic N) is 1. The minimum atomic E-state index is -0.539. The van der Waals surface area contributed by atoms with E-state index in [9.17, 15) is 14.4 Å². The number of para-hydroxylation sites is 1. The summed E-state index contributed by atoms with van der Waals surface area (Å²) in [5, 5.41) is 0.841. The lowest BCUT2D eigenvalue weighted by Crippen LogP contribution is -2.36. The van der Waals surface area contributed by atoms with Crippen LogP contribution in [0, 0.1) is 0 Å². The van der Waals surface area contributed by atoms with Crippen molar-refractivity contribution >= 4 is 28.6 Å². The number of likely N-dealkylation sites (tertiary alicyclic amines) is 1. The number of ketones is 1. The van der Waals surface area contributed by atoms with E-state index in [2.05, 4.69) is 11.9 Å². The molecule has 1 aromatic heterocycles. The number of esters is 1. The van der Waals surface area contributed by atoms with Crippen LogP contribution in [0.5, 0.6) is 0 Å². The van der Waals surface area contributed by atoms with E-state index in [0.29, 0.717) is 18.5 Å². The van der Waals surface area contributed by atoms with Crippen LogP contribution in [0.2, 0.25) is 0 Å². The second-order valence-electron chi connectivity index (χ2n) is 6.61. The fourth-order valence-corrected chi connectivity index (χ4v) is 3.37. The predicted octanol–water partition coefficient (Wildman–Crippen LogP) is 2.86. The number of amides is 1. The van der Waals surface area contributed by atoms with Gasteiger partial charge in [0.2, 0.25) is 11.7 Å². The molecule has 1 aliphatic heterocycles. The predicted molar refractivity (Wildman–Crippen MR) is 98.0 cm³/mol. The maximum absolute atomic E-state index is 12.5. The molecule has 2 aromatic rings. The molecule has 0 bridgehead atoms. The Hall–Kier alpha value is -2.63. The van der Waals surface area contributed by atoms with Gasteiger partial charge in [0.05, 0.1) is 0 Å². The van der Waals surface area contributed by atoms with Crippen molar-refractivity contribution < 1.29 is 19.1 Å². The van der Waals surface area contributed by atoms with Crippen LogP contribution in [0.4, 0.5) is 0 Å². The standard InChI is InChI=1S/C20H24N2O4/c1-2-14-7-6-8-15-16(11-21-20(14)15)17(23)13-26-19(25)12-22-10-5-3-4-9-18(22)24/h6-8,11,21H,2-5,9-10,12-13H2,1H3. The highest BCUT2D eigenvalue weighted by atomic mass is 16.5. The number of Topliss-reactive ketones (excluding diaryl/α,β-unsaturated/α-hetero) is 1. The van der Waals surface area contributed by atoms with Crippen LogP contribution in [-0.2, 0) is 20.7 Å². The average molecular weight is 356 g/mol. The molecule has 0 saturated carbocycles. The van der Waals surface area contributed by atoms with Crippen LogP contribution in [0.3, 0.4) is 0 Å². The van der Waals surface area contributed by atoms with Gasteiger partial charge in [-0.2, -0.15) is 0 Å². The fourth-order valence-electron chi connectivity index (χ4n) is 3.37. The summed E-state index contributed by atoms with van der Waals surface area (Å²) in [4.78, 5) is 41.1.